The van der Waals surface area contributed by atoms with Crippen LogP contribution in [-0.4, -0.2) is 18.6 Å². The van der Waals surface area contributed by atoms with Gasteiger partial charge in [-0.1, -0.05) is 12.1 Å². The largest absolute Gasteiger partial charge is 0.464 e. The first-order chi connectivity index (χ1) is 8.10. The number of hydrogen-bond acceptors (Lipinski definition) is 4. The second kappa shape index (κ2) is 5.90. The average Bonchev–Trinajstić information content (AvgIpc) is 2.31. The minimum Gasteiger partial charge on any atom is -0.464 e. The van der Waals surface area contributed by atoms with Crippen molar-refractivity contribution in [3.8, 4) is 6.07 Å². The fourth-order valence-corrected chi connectivity index (χ4v) is 1.50. The molecule has 0 aliphatic heterocycles. The lowest BCUT2D eigenvalue weighted by atomic mass is 10.1. The van der Waals surface area contributed by atoms with Crippen LogP contribution in [0.2, 0.25) is 0 Å². The van der Waals surface area contributed by atoms with Gasteiger partial charge >= 0.3 is 5.97 Å². The third-order valence-corrected chi connectivity index (χ3v) is 2.39. The van der Waals surface area contributed by atoms with Crippen molar-refractivity contribution in [2.45, 2.75) is 26.8 Å². The Morgan fingerprint density at radius 1 is 1.59 bits per heavy atom. The zero-order chi connectivity index (χ0) is 12.8. The van der Waals surface area contributed by atoms with E-state index < -0.39 is 6.04 Å². The van der Waals surface area contributed by atoms with Gasteiger partial charge in [0.1, 0.15) is 12.1 Å². The Labute approximate surface area is 101 Å². The lowest BCUT2D eigenvalue weighted by Crippen LogP contribution is -2.28. The molecular weight excluding hydrogens is 216 g/mol. The van der Waals surface area contributed by atoms with E-state index in [-0.39, 0.29) is 5.97 Å². The highest BCUT2D eigenvalue weighted by atomic mass is 16.5. The molecule has 1 atom stereocenters. The van der Waals surface area contributed by atoms with Gasteiger partial charge in [0.2, 0.25) is 0 Å². The summed E-state index contributed by atoms with van der Waals surface area (Å²) in [6.07, 6.45) is 0. The molecule has 0 amide bonds. The van der Waals surface area contributed by atoms with Gasteiger partial charge in [-0.15, -0.1) is 0 Å². The van der Waals surface area contributed by atoms with Crippen molar-refractivity contribution in [1.82, 2.24) is 0 Å². The number of carbonyl (C=O) groups excluding carboxylic acids is 1. The average molecular weight is 232 g/mol. The summed E-state index contributed by atoms with van der Waals surface area (Å²) in [5.41, 5.74) is 2.15. The topological polar surface area (TPSA) is 62.1 Å². The Hall–Kier alpha value is -2.02. The standard InChI is InChI=1S/C13H16N2O2/c1-4-17-13(16)10(3)15-12-9(2)6-5-7-11(12)8-14/h5-7,10,15H,4H2,1-3H3. The number of rotatable bonds is 4. The van der Waals surface area contributed by atoms with Gasteiger partial charge in [-0.3, -0.25) is 0 Å². The number of hydrogen-bond donors (Lipinski definition) is 1. The molecule has 4 heteroatoms. The summed E-state index contributed by atoms with van der Waals surface area (Å²) < 4.78 is 4.90. The second-order valence-corrected chi connectivity index (χ2v) is 3.73. The van der Waals surface area contributed by atoms with Crippen LogP contribution in [0.4, 0.5) is 5.69 Å². The van der Waals surface area contributed by atoms with Crippen LogP contribution in [0.25, 0.3) is 0 Å². The Balaban J connectivity index is 2.88. The number of nitriles is 1. The number of carbonyl (C=O) groups is 1. The van der Waals surface area contributed by atoms with Crippen molar-refractivity contribution in [1.29, 1.82) is 5.26 Å². The van der Waals surface area contributed by atoms with Gasteiger partial charge in [-0.2, -0.15) is 5.26 Å². The Morgan fingerprint density at radius 3 is 2.88 bits per heavy atom. The molecule has 17 heavy (non-hydrogen) atoms. The molecule has 1 rings (SSSR count). The summed E-state index contributed by atoms with van der Waals surface area (Å²) in [5.74, 6) is -0.320. The fraction of sp³-hybridized carbons (Fsp3) is 0.385. The number of esters is 1. The summed E-state index contributed by atoms with van der Waals surface area (Å²) >= 11 is 0. The SMILES string of the molecule is CCOC(=O)C(C)Nc1c(C)cccc1C#N. The van der Waals surface area contributed by atoms with E-state index in [2.05, 4.69) is 11.4 Å². The van der Waals surface area contributed by atoms with Gasteiger partial charge in [0, 0.05) is 0 Å². The molecule has 0 saturated heterocycles. The molecule has 0 saturated carbocycles. The highest BCUT2D eigenvalue weighted by Gasteiger charge is 2.16. The van der Waals surface area contributed by atoms with Gasteiger partial charge in [0.05, 0.1) is 17.9 Å². The molecular formula is C13H16N2O2. The molecule has 1 aromatic carbocycles. The zero-order valence-corrected chi connectivity index (χ0v) is 10.3. The molecule has 0 aliphatic rings. The van der Waals surface area contributed by atoms with Crippen LogP contribution < -0.4 is 5.32 Å². The zero-order valence-electron chi connectivity index (χ0n) is 10.3. The summed E-state index contributed by atoms with van der Waals surface area (Å²) in [5, 5.41) is 12.0. The predicted molar refractivity (Wildman–Crippen MR) is 65.6 cm³/mol. The Kier molecular flexibility index (Phi) is 4.53. The monoisotopic (exact) mass is 232 g/mol. The number of para-hydroxylation sites is 1. The van der Waals surface area contributed by atoms with Gasteiger partial charge in [0.25, 0.3) is 0 Å². The molecule has 0 aromatic heterocycles. The molecule has 1 unspecified atom stereocenters. The fourth-order valence-electron chi connectivity index (χ4n) is 1.50. The minimum atomic E-state index is -0.469. The van der Waals surface area contributed by atoms with Crippen molar-refractivity contribution in [2.24, 2.45) is 0 Å². The van der Waals surface area contributed by atoms with E-state index in [1.54, 1.807) is 19.9 Å². The number of benzene rings is 1. The van der Waals surface area contributed by atoms with Crippen LogP contribution in [-0.2, 0) is 9.53 Å². The summed E-state index contributed by atoms with van der Waals surface area (Å²) in [6.45, 7) is 5.72. The molecule has 0 fully saturated rings. The van der Waals surface area contributed by atoms with E-state index in [1.807, 2.05) is 19.1 Å². The quantitative estimate of drug-likeness (QED) is 0.808. The molecule has 1 N–H and O–H groups in total. The summed E-state index contributed by atoms with van der Waals surface area (Å²) in [7, 11) is 0. The number of nitrogens with zero attached hydrogens (tertiary/aromatic N) is 1. The van der Waals surface area contributed by atoms with Crippen molar-refractivity contribution in [3.63, 3.8) is 0 Å². The van der Waals surface area contributed by atoms with Crippen LogP contribution >= 0.6 is 0 Å². The summed E-state index contributed by atoms with van der Waals surface area (Å²) in [6, 6.07) is 7.05. The number of nitrogens with one attached hydrogen (secondary N) is 1. The van der Waals surface area contributed by atoms with Crippen LogP contribution in [0.5, 0.6) is 0 Å². The number of ether oxygens (including phenoxy) is 1. The van der Waals surface area contributed by atoms with Gasteiger partial charge < -0.3 is 10.1 Å². The molecule has 0 aliphatic carbocycles. The maximum Gasteiger partial charge on any atom is 0.328 e. The minimum absolute atomic E-state index is 0.320. The maximum atomic E-state index is 11.5. The first kappa shape index (κ1) is 13.0. The first-order valence-electron chi connectivity index (χ1n) is 5.53. The van der Waals surface area contributed by atoms with Gasteiger partial charge in [-0.05, 0) is 32.4 Å². The molecule has 0 spiro atoms. The van der Waals surface area contributed by atoms with Crippen molar-refractivity contribution < 1.29 is 9.53 Å². The van der Waals surface area contributed by atoms with Crippen molar-refractivity contribution >= 4 is 11.7 Å². The third kappa shape index (κ3) is 3.22. The van der Waals surface area contributed by atoms with Gasteiger partial charge in [0.15, 0.2) is 0 Å². The summed E-state index contributed by atoms with van der Waals surface area (Å²) in [4.78, 5) is 11.5. The number of aryl methyl sites for hydroxylation is 1. The van der Waals surface area contributed by atoms with Crippen LogP contribution in [0, 0.1) is 18.3 Å². The predicted octanol–water partition coefficient (Wildman–Crippen LogP) is 2.23. The second-order valence-electron chi connectivity index (χ2n) is 3.73. The van der Waals surface area contributed by atoms with E-state index in [0.29, 0.717) is 17.9 Å². The maximum absolute atomic E-state index is 11.5. The smallest absolute Gasteiger partial charge is 0.328 e. The van der Waals surface area contributed by atoms with Crippen molar-refractivity contribution in [3.05, 3.63) is 29.3 Å². The lowest BCUT2D eigenvalue weighted by molar-refractivity contribution is -0.143. The highest BCUT2D eigenvalue weighted by Crippen LogP contribution is 2.20. The highest BCUT2D eigenvalue weighted by molar-refractivity contribution is 5.80. The van der Waals surface area contributed by atoms with E-state index in [1.165, 1.54) is 0 Å². The Bertz CT molecular complexity index is 449. The molecule has 0 bridgehead atoms. The number of anilines is 1. The molecule has 4 nitrogen and oxygen atoms in total. The van der Waals surface area contributed by atoms with Crippen molar-refractivity contribution in [2.75, 3.05) is 11.9 Å². The first-order valence-corrected chi connectivity index (χ1v) is 5.53. The van der Waals surface area contributed by atoms with Crippen LogP contribution in [0.1, 0.15) is 25.0 Å². The van der Waals surface area contributed by atoms with E-state index in [4.69, 9.17) is 10.00 Å². The Morgan fingerprint density at radius 2 is 2.29 bits per heavy atom. The molecule has 0 radical (unpaired) electrons. The third-order valence-electron chi connectivity index (χ3n) is 2.39. The van der Waals surface area contributed by atoms with Gasteiger partial charge in [-0.25, -0.2) is 4.79 Å². The lowest BCUT2D eigenvalue weighted by Gasteiger charge is -2.16. The van der Waals surface area contributed by atoms with E-state index >= 15 is 0 Å². The van der Waals surface area contributed by atoms with Crippen LogP contribution in [0.15, 0.2) is 18.2 Å². The normalized spacial score (nSPS) is 11.4. The molecule has 90 valence electrons. The van der Waals surface area contributed by atoms with Crippen LogP contribution in [0.3, 0.4) is 0 Å². The van der Waals surface area contributed by atoms with E-state index in [9.17, 15) is 4.79 Å². The van der Waals surface area contributed by atoms with E-state index in [0.717, 1.165) is 5.56 Å². The molecule has 0 heterocycles. The molecule has 1 aromatic rings.